The smallest absolute Gasteiger partial charge is 0.0931 e. The second kappa shape index (κ2) is 2.69. The monoisotopic (exact) mass is 161 g/mol. The maximum Gasteiger partial charge on any atom is 0.0931 e. The lowest BCUT2D eigenvalue weighted by Crippen LogP contribution is -2.02. The van der Waals surface area contributed by atoms with Gasteiger partial charge in [0.05, 0.1) is 4.34 Å². The summed E-state index contributed by atoms with van der Waals surface area (Å²) in [5, 5.41) is 1.98. The standard InChI is InChI=1S/C6H8ClNS/c1-4(8)5-2-6(7)9-3-5/h2-4H,8H2,1H3/t4-/m0/s1. The Hall–Kier alpha value is -0.0500. The molecule has 0 bridgehead atoms. The maximum atomic E-state index is 5.67. The highest BCUT2D eigenvalue weighted by atomic mass is 35.5. The molecule has 0 aromatic carbocycles. The van der Waals surface area contributed by atoms with Crippen LogP contribution in [0, 0.1) is 0 Å². The molecule has 1 atom stereocenters. The molecule has 9 heavy (non-hydrogen) atoms. The third-order valence-corrected chi connectivity index (χ3v) is 2.22. The van der Waals surface area contributed by atoms with E-state index in [1.807, 2.05) is 18.4 Å². The molecule has 0 radical (unpaired) electrons. The number of hydrogen-bond donors (Lipinski definition) is 1. The van der Waals surface area contributed by atoms with Gasteiger partial charge < -0.3 is 5.73 Å². The molecule has 0 fully saturated rings. The van der Waals surface area contributed by atoms with E-state index < -0.39 is 0 Å². The van der Waals surface area contributed by atoms with E-state index in [2.05, 4.69) is 0 Å². The number of hydrogen-bond acceptors (Lipinski definition) is 2. The van der Waals surface area contributed by atoms with Gasteiger partial charge in [-0.1, -0.05) is 11.6 Å². The Labute approximate surface area is 63.4 Å². The van der Waals surface area contributed by atoms with Crippen LogP contribution in [0.3, 0.4) is 0 Å². The highest BCUT2D eigenvalue weighted by Gasteiger charge is 2.00. The molecular weight excluding hydrogens is 154 g/mol. The fourth-order valence-electron chi connectivity index (χ4n) is 0.562. The van der Waals surface area contributed by atoms with Crippen LogP contribution in [0.25, 0.3) is 0 Å². The zero-order valence-electron chi connectivity index (χ0n) is 5.10. The van der Waals surface area contributed by atoms with Gasteiger partial charge in [0, 0.05) is 6.04 Å². The van der Waals surface area contributed by atoms with Gasteiger partial charge in [-0.3, -0.25) is 0 Å². The molecule has 1 aromatic rings. The summed E-state index contributed by atoms with van der Waals surface area (Å²) in [6.45, 7) is 1.94. The molecule has 0 saturated carbocycles. The third kappa shape index (κ3) is 1.68. The number of rotatable bonds is 1. The molecule has 0 aliphatic rings. The Kier molecular flexibility index (Phi) is 2.11. The van der Waals surface area contributed by atoms with Crippen LogP contribution in [0.4, 0.5) is 0 Å². The summed E-state index contributed by atoms with van der Waals surface area (Å²) in [5.74, 6) is 0. The van der Waals surface area contributed by atoms with Crippen molar-refractivity contribution in [3.8, 4) is 0 Å². The normalized spacial score (nSPS) is 13.7. The largest absolute Gasteiger partial charge is 0.324 e. The summed E-state index contributed by atoms with van der Waals surface area (Å²) in [7, 11) is 0. The molecule has 0 saturated heterocycles. The summed E-state index contributed by atoms with van der Waals surface area (Å²) in [5.41, 5.74) is 6.69. The molecule has 0 aliphatic heterocycles. The molecular formula is C6H8ClNS. The Bertz CT molecular complexity index is 195. The fraction of sp³-hybridized carbons (Fsp3) is 0.333. The molecule has 1 nitrogen and oxygen atoms in total. The molecule has 0 unspecified atom stereocenters. The third-order valence-electron chi connectivity index (χ3n) is 1.11. The van der Waals surface area contributed by atoms with Crippen LogP contribution in [0.5, 0.6) is 0 Å². The minimum atomic E-state index is 0.105. The van der Waals surface area contributed by atoms with Crippen LogP contribution in [0.1, 0.15) is 18.5 Å². The van der Waals surface area contributed by atoms with Gasteiger partial charge in [0.25, 0.3) is 0 Å². The first kappa shape index (κ1) is 7.06. The average molecular weight is 162 g/mol. The van der Waals surface area contributed by atoms with Crippen molar-refractivity contribution in [1.82, 2.24) is 0 Å². The van der Waals surface area contributed by atoms with Gasteiger partial charge in [0.15, 0.2) is 0 Å². The molecule has 0 amide bonds. The first-order chi connectivity index (χ1) is 4.20. The van der Waals surface area contributed by atoms with Crippen molar-refractivity contribution in [2.24, 2.45) is 5.73 Å². The number of halogens is 1. The summed E-state index contributed by atoms with van der Waals surface area (Å²) in [6.07, 6.45) is 0. The van der Waals surface area contributed by atoms with E-state index in [4.69, 9.17) is 17.3 Å². The van der Waals surface area contributed by atoms with Gasteiger partial charge in [0.1, 0.15) is 0 Å². The van der Waals surface area contributed by atoms with Crippen LogP contribution in [-0.2, 0) is 0 Å². The summed E-state index contributed by atoms with van der Waals surface area (Å²) < 4.78 is 0.808. The van der Waals surface area contributed by atoms with Crippen LogP contribution in [-0.4, -0.2) is 0 Å². The lowest BCUT2D eigenvalue weighted by Gasteiger charge is -1.97. The minimum absolute atomic E-state index is 0.105. The van der Waals surface area contributed by atoms with E-state index in [1.54, 1.807) is 0 Å². The summed E-state index contributed by atoms with van der Waals surface area (Å²) in [6, 6.07) is 2.01. The van der Waals surface area contributed by atoms with Crippen molar-refractivity contribution in [3.63, 3.8) is 0 Å². The van der Waals surface area contributed by atoms with Crippen LogP contribution < -0.4 is 5.73 Å². The van der Waals surface area contributed by atoms with Crippen molar-refractivity contribution in [1.29, 1.82) is 0 Å². The van der Waals surface area contributed by atoms with Gasteiger partial charge >= 0.3 is 0 Å². The molecule has 0 aliphatic carbocycles. The van der Waals surface area contributed by atoms with Crippen molar-refractivity contribution in [2.45, 2.75) is 13.0 Å². The number of nitrogens with two attached hydrogens (primary N) is 1. The first-order valence-corrected chi connectivity index (χ1v) is 3.95. The molecule has 2 N–H and O–H groups in total. The summed E-state index contributed by atoms with van der Waals surface area (Å²) in [4.78, 5) is 0. The van der Waals surface area contributed by atoms with E-state index >= 15 is 0 Å². The Morgan fingerprint density at radius 1 is 1.78 bits per heavy atom. The van der Waals surface area contributed by atoms with Gasteiger partial charge in [0.2, 0.25) is 0 Å². The van der Waals surface area contributed by atoms with Crippen molar-refractivity contribution in [3.05, 3.63) is 21.3 Å². The van der Waals surface area contributed by atoms with E-state index in [0.717, 1.165) is 9.90 Å². The molecule has 1 aromatic heterocycles. The average Bonchev–Trinajstić information content (AvgIpc) is 2.14. The SMILES string of the molecule is C[C@H](N)c1csc(Cl)c1. The molecule has 50 valence electrons. The lowest BCUT2D eigenvalue weighted by atomic mass is 10.2. The Morgan fingerprint density at radius 3 is 2.67 bits per heavy atom. The second-order valence-electron chi connectivity index (χ2n) is 1.97. The maximum absolute atomic E-state index is 5.67. The zero-order valence-corrected chi connectivity index (χ0v) is 6.67. The predicted octanol–water partition coefficient (Wildman–Crippen LogP) is 2.42. The lowest BCUT2D eigenvalue weighted by molar-refractivity contribution is 0.823. The van der Waals surface area contributed by atoms with E-state index in [-0.39, 0.29) is 6.04 Å². The number of thiophene rings is 1. The van der Waals surface area contributed by atoms with E-state index in [1.165, 1.54) is 11.3 Å². The highest BCUT2D eigenvalue weighted by molar-refractivity contribution is 7.14. The van der Waals surface area contributed by atoms with Crippen LogP contribution >= 0.6 is 22.9 Å². The van der Waals surface area contributed by atoms with Crippen molar-refractivity contribution < 1.29 is 0 Å². The Balaban J connectivity index is 2.85. The fourth-order valence-corrected chi connectivity index (χ4v) is 1.56. The van der Waals surface area contributed by atoms with Gasteiger partial charge in [-0.2, -0.15) is 0 Å². The molecule has 0 spiro atoms. The molecule has 1 rings (SSSR count). The zero-order chi connectivity index (χ0) is 6.85. The van der Waals surface area contributed by atoms with E-state index in [9.17, 15) is 0 Å². The topological polar surface area (TPSA) is 26.0 Å². The molecule has 3 heteroatoms. The van der Waals surface area contributed by atoms with Crippen molar-refractivity contribution >= 4 is 22.9 Å². The van der Waals surface area contributed by atoms with Gasteiger partial charge in [-0.25, -0.2) is 0 Å². The van der Waals surface area contributed by atoms with Crippen LogP contribution in [0.2, 0.25) is 4.34 Å². The molecule has 1 heterocycles. The highest BCUT2D eigenvalue weighted by Crippen LogP contribution is 2.23. The van der Waals surface area contributed by atoms with Crippen LogP contribution in [0.15, 0.2) is 11.4 Å². The van der Waals surface area contributed by atoms with E-state index in [0.29, 0.717) is 0 Å². The summed E-state index contributed by atoms with van der Waals surface area (Å²) >= 11 is 7.19. The van der Waals surface area contributed by atoms with Gasteiger partial charge in [-0.05, 0) is 23.9 Å². The predicted molar refractivity (Wildman–Crippen MR) is 41.9 cm³/mol. The second-order valence-corrected chi connectivity index (χ2v) is 3.52. The van der Waals surface area contributed by atoms with Crippen molar-refractivity contribution in [2.75, 3.05) is 0 Å². The first-order valence-electron chi connectivity index (χ1n) is 2.69. The van der Waals surface area contributed by atoms with Gasteiger partial charge in [-0.15, -0.1) is 11.3 Å². The quantitative estimate of drug-likeness (QED) is 0.673. The Morgan fingerprint density at radius 2 is 2.44 bits per heavy atom. The minimum Gasteiger partial charge on any atom is -0.324 e.